The summed E-state index contributed by atoms with van der Waals surface area (Å²) in [4.78, 5) is 15.6. The van der Waals surface area contributed by atoms with Crippen molar-refractivity contribution >= 4 is 11.8 Å². The molecular weight excluding hydrogens is 234 g/mol. The Balaban J connectivity index is 2.16. The summed E-state index contributed by atoms with van der Waals surface area (Å²) in [6.45, 7) is 4.86. The fourth-order valence-corrected chi connectivity index (χ4v) is 2.21. The molecule has 0 aromatic carbocycles. The van der Waals surface area contributed by atoms with E-state index in [1.807, 2.05) is 6.92 Å². The monoisotopic (exact) mass is 253 g/mol. The molecule has 2 unspecified atom stereocenters. The van der Waals surface area contributed by atoms with Crippen molar-refractivity contribution in [3.8, 4) is 0 Å². The predicted molar refractivity (Wildman–Crippen MR) is 66.3 cm³/mol. The lowest BCUT2D eigenvalue weighted by Crippen LogP contribution is -2.22. The first-order chi connectivity index (χ1) is 8.65. The second kappa shape index (κ2) is 5.39. The van der Waals surface area contributed by atoms with Crippen molar-refractivity contribution in [2.45, 2.75) is 38.8 Å². The lowest BCUT2D eigenvalue weighted by atomic mass is 10.1. The average molecular weight is 253 g/mol. The van der Waals surface area contributed by atoms with Crippen molar-refractivity contribution in [1.29, 1.82) is 0 Å². The Morgan fingerprint density at radius 3 is 3.17 bits per heavy atom. The molecule has 0 radical (unpaired) electrons. The van der Waals surface area contributed by atoms with Gasteiger partial charge in [0, 0.05) is 6.61 Å². The van der Waals surface area contributed by atoms with Gasteiger partial charge in [-0.1, -0.05) is 0 Å². The molecule has 1 aromatic rings. The topological polar surface area (TPSA) is 79.4 Å². The number of nitrogen functional groups attached to an aromatic ring is 1. The minimum atomic E-state index is -0.478. The van der Waals surface area contributed by atoms with Gasteiger partial charge in [0.25, 0.3) is 0 Å². The number of ether oxygens (including phenoxy) is 2. The minimum absolute atomic E-state index is 0.0724. The van der Waals surface area contributed by atoms with Gasteiger partial charge < -0.3 is 19.8 Å². The van der Waals surface area contributed by atoms with Crippen LogP contribution in [0.2, 0.25) is 0 Å². The van der Waals surface area contributed by atoms with Crippen LogP contribution in [0.1, 0.15) is 43.2 Å². The second-order valence-electron chi connectivity index (χ2n) is 4.40. The van der Waals surface area contributed by atoms with E-state index in [4.69, 9.17) is 15.2 Å². The quantitative estimate of drug-likeness (QED) is 0.820. The number of nitrogens with two attached hydrogens (primary N) is 1. The molecule has 6 heteroatoms. The zero-order valence-corrected chi connectivity index (χ0v) is 10.8. The van der Waals surface area contributed by atoms with Crippen LogP contribution in [0.15, 0.2) is 6.33 Å². The number of hydrogen-bond donors (Lipinski definition) is 1. The molecule has 0 spiro atoms. The Morgan fingerprint density at radius 1 is 1.78 bits per heavy atom. The normalized spacial score (nSPS) is 20.9. The molecule has 0 amide bonds. The van der Waals surface area contributed by atoms with Crippen LogP contribution in [-0.2, 0) is 9.47 Å². The first-order valence-electron chi connectivity index (χ1n) is 6.26. The molecule has 1 saturated heterocycles. The lowest BCUT2D eigenvalue weighted by molar-refractivity contribution is 0.0520. The van der Waals surface area contributed by atoms with Crippen LogP contribution in [0.5, 0.6) is 0 Å². The van der Waals surface area contributed by atoms with Gasteiger partial charge in [-0.3, -0.25) is 0 Å². The van der Waals surface area contributed by atoms with Gasteiger partial charge in [0.15, 0.2) is 5.69 Å². The van der Waals surface area contributed by atoms with Gasteiger partial charge in [-0.15, -0.1) is 0 Å². The third-order valence-corrected chi connectivity index (χ3v) is 3.24. The number of esters is 1. The Bertz CT molecular complexity index is 424. The summed E-state index contributed by atoms with van der Waals surface area (Å²) in [5.74, 6) is -0.134. The zero-order valence-electron chi connectivity index (χ0n) is 10.8. The molecule has 0 aliphatic carbocycles. The Morgan fingerprint density at radius 2 is 2.56 bits per heavy atom. The van der Waals surface area contributed by atoms with Gasteiger partial charge in [-0.25, -0.2) is 9.78 Å². The van der Waals surface area contributed by atoms with E-state index < -0.39 is 5.97 Å². The first-order valence-corrected chi connectivity index (χ1v) is 6.26. The zero-order chi connectivity index (χ0) is 13.1. The molecule has 18 heavy (non-hydrogen) atoms. The molecule has 2 atom stereocenters. The van der Waals surface area contributed by atoms with E-state index in [1.165, 1.54) is 0 Å². The van der Waals surface area contributed by atoms with Gasteiger partial charge >= 0.3 is 5.97 Å². The highest BCUT2D eigenvalue weighted by Crippen LogP contribution is 2.27. The van der Waals surface area contributed by atoms with Gasteiger partial charge in [0.2, 0.25) is 0 Å². The van der Waals surface area contributed by atoms with Crippen LogP contribution in [0.25, 0.3) is 0 Å². The largest absolute Gasteiger partial charge is 0.461 e. The second-order valence-corrected chi connectivity index (χ2v) is 4.40. The van der Waals surface area contributed by atoms with Crippen molar-refractivity contribution in [3.05, 3.63) is 12.0 Å². The molecule has 1 fully saturated rings. The van der Waals surface area contributed by atoms with Gasteiger partial charge in [-0.2, -0.15) is 0 Å². The highest BCUT2D eigenvalue weighted by atomic mass is 16.5. The summed E-state index contributed by atoms with van der Waals surface area (Å²) >= 11 is 0. The molecule has 2 N–H and O–H groups in total. The SMILES string of the molecule is CCOC(=O)c1ncn(C(C)C2CCCO2)c1N. The summed E-state index contributed by atoms with van der Waals surface area (Å²) in [7, 11) is 0. The highest BCUT2D eigenvalue weighted by molar-refractivity contribution is 5.92. The van der Waals surface area contributed by atoms with E-state index >= 15 is 0 Å². The maximum Gasteiger partial charge on any atom is 0.360 e. The molecule has 1 aliphatic rings. The third-order valence-electron chi connectivity index (χ3n) is 3.24. The molecule has 2 heterocycles. The number of nitrogens with zero attached hydrogens (tertiary/aromatic N) is 2. The molecule has 100 valence electrons. The highest BCUT2D eigenvalue weighted by Gasteiger charge is 2.27. The Kier molecular flexibility index (Phi) is 3.86. The maximum atomic E-state index is 11.6. The number of carbonyl (C=O) groups is 1. The minimum Gasteiger partial charge on any atom is -0.461 e. The van der Waals surface area contributed by atoms with Gasteiger partial charge in [0.05, 0.1) is 25.1 Å². The van der Waals surface area contributed by atoms with Crippen LogP contribution < -0.4 is 5.73 Å². The van der Waals surface area contributed by atoms with Crippen LogP contribution in [0.3, 0.4) is 0 Å². The molecule has 2 rings (SSSR count). The van der Waals surface area contributed by atoms with E-state index in [0.29, 0.717) is 12.4 Å². The van der Waals surface area contributed by atoms with E-state index in [0.717, 1.165) is 19.4 Å². The van der Waals surface area contributed by atoms with E-state index in [2.05, 4.69) is 4.98 Å². The third kappa shape index (κ3) is 2.33. The number of aromatic nitrogens is 2. The van der Waals surface area contributed by atoms with Crippen LogP contribution in [0, 0.1) is 0 Å². The molecule has 6 nitrogen and oxygen atoms in total. The predicted octanol–water partition coefficient (Wildman–Crippen LogP) is 1.38. The number of rotatable bonds is 4. The van der Waals surface area contributed by atoms with Crippen molar-refractivity contribution in [1.82, 2.24) is 9.55 Å². The molecule has 1 aliphatic heterocycles. The fourth-order valence-electron chi connectivity index (χ4n) is 2.21. The number of carbonyl (C=O) groups excluding carboxylic acids is 1. The smallest absolute Gasteiger partial charge is 0.360 e. The molecule has 0 saturated carbocycles. The van der Waals surface area contributed by atoms with E-state index in [1.54, 1.807) is 17.8 Å². The van der Waals surface area contributed by atoms with E-state index in [-0.39, 0.29) is 17.8 Å². The first kappa shape index (κ1) is 12.9. The standard InChI is InChI=1S/C12H19N3O3/c1-3-17-12(16)10-11(13)15(7-14-10)8(2)9-5-4-6-18-9/h7-9H,3-6,13H2,1-2H3. The van der Waals surface area contributed by atoms with Crippen LogP contribution in [-0.4, -0.2) is 34.8 Å². The maximum absolute atomic E-state index is 11.6. The van der Waals surface area contributed by atoms with Crippen molar-refractivity contribution in [3.63, 3.8) is 0 Å². The Hall–Kier alpha value is -1.56. The summed E-state index contributed by atoms with van der Waals surface area (Å²) in [5.41, 5.74) is 6.13. The lowest BCUT2D eigenvalue weighted by Gasteiger charge is -2.21. The van der Waals surface area contributed by atoms with Crippen LogP contribution in [0.4, 0.5) is 5.82 Å². The van der Waals surface area contributed by atoms with E-state index in [9.17, 15) is 4.79 Å². The van der Waals surface area contributed by atoms with Gasteiger partial charge in [-0.05, 0) is 26.7 Å². The van der Waals surface area contributed by atoms with Crippen molar-refractivity contribution in [2.24, 2.45) is 0 Å². The van der Waals surface area contributed by atoms with Crippen molar-refractivity contribution in [2.75, 3.05) is 18.9 Å². The number of imidazole rings is 1. The summed E-state index contributed by atoms with van der Waals surface area (Å²) < 4.78 is 12.3. The summed E-state index contributed by atoms with van der Waals surface area (Å²) in [5, 5.41) is 0. The van der Waals surface area contributed by atoms with Gasteiger partial charge in [0.1, 0.15) is 5.82 Å². The number of anilines is 1. The number of hydrogen-bond acceptors (Lipinski definition) is 5. The average Bonchev–Trinajstić information content (AvgIpc) is 2.97. The molecule has 1 aromatic heterocycles. The van der Waals surface area contributed by atoms with Crippen LogP contribution >= 0.6 is 0 Å². The molecule has 0 bridgehead atoms. The van der Waals surface area contributed by atoms with Crippen molar-refractivity contribution < 1.29 is 14.3 Å². The molecular formula is C12H19N3O3. The summed E-state index contributed by atoms with van der Waals surface area (Å²) in [6, 6.07) is 0.0724. The summed E-state index contributed by atoms with van der Waals surface area (Å²) in [6.07, 6.45) is 3.78. The fraction of sp³-hybridized carbons (Fsp3) is 0.667. The Labute approximate surface area is 106 Å².